The van der Waals surface area contributed by atoms with Gasteiger partial charge in [0.1, 0.15) is 17.3 Å². The maximum Gasteiger partial charge on any atom is 0.135 e. The predicted molar refractivity (Wildman–Crippen MR) is 75.0 cm³/mol. The molecule has 19 heavy (non-hydrogen) atoms. The van der Waals surface area contributed by atoms with Crippen LogP contribution in [-0.2, 0) is 0 Å². The quantitative estimate of drug-likeness (QED) is 0.894. The molecule has 0 radical (unpaired) electrons. The summed E-state index contributed by atoms with van der Waals surface area (Å²) in [5.41, 5.74) is 8.40. The van der Waals surface area contributed by atoms with Crippen molar-refractivity contribution in [1.29, 1.82) is 0 Å². The Morgan fingerprint density at radius 3 is 2.37 bits per heavy atom. The third-order valence-electron chi connectivity index (χ3n) is 3.24. The number of ether oxygens (including phenoxy) is 1. The SMILES string of the molecule is Cc1cccc(Oc2cccc(F)c2C(C)N)c1C. The maximum absolute atomic E-state index is 13.8. The van der Waals surface area contributed by atoms with Gasteiger partial charge in [0.25, 0.3) is 0 Å². The molecule has 0 heterocycles. The lowest BCUT2D eigenvalue weighted by molar-refractivity contribution is 0.457. The molecule has 0 saturated heterocycles. The zero-order valence-corrected chi connectivity index (χ0v) is 11.4. The summed E-state index contributed by atoms with van der Waals surface area (Å²) in [7, 11) is 0. The number of hydrogen-bond acceptors (Lipinski definition) is 2. The summed E-state index contributed by atoms with van der Waals surface area (Å²) in [6.07, 6.45) is 0. The van der Waals surface area contributed by atoms with Crippen LogP contribution in [0, 0.1) is 19.7 Å². The van der Waals surface area contributed by atoms with Crippen molar-refractivity contribution in [3.05, 3.63) is 58.9 Å². The van der Waals surface area contributed by atoms with E-state index in [1.54, 1.807) is 19.1 Å². The summed E-state index contributed by atoms with van der Waals surface area (Å²) < 4.78 is 19.7. The van der Waals surface area contributed by atoms with Crippen LogP contribution in [0.5, 0.6) is 11.5 Å². The van der Waals surface area contributed by atoms with Crippen molar-refractivity contribution in [2.24, 2.45) is 5.73 Å². The fourth-order valence-corrected chi connectivity index (χ4v) is 2.00. The molecule has 0 saturated carbocycles. The van der Waals surface area contributed by atoms with Gasteiger partial charge in [-0.25, -0.2) is 4.39 Å². The highest BCUT2D eigenvalue weighted by Crippen LogP contribution is 2.32. The number of hydrogen-bond donors (Lipinski definition) is 1. The summed E-state index contributed by atoms with van der Waals surface area (Å²) in [6.45, 7) is 5.74. The van der Waals surface area contributed by atoms with E-state index in [9.17, 15) is 4.39 Å². The zero-order chi connectivity index (χ0) is 14.0. The normalized spacial score (nSPS) is 12.3. The molecule has 2 aromatic rings. The second-order valence-electron chi connectivity index (χ2n) is 4.74. The first-order valence-corrected chi connectivity index (χ1v) is 6.28. The van der Waals surface area contributed by atoms with Crippen LogP contribution in [0.2, 0.25) is 0 Å². The van der Waals surface area contributed by atoms with Crippen LogP contribution in [0.1, 0.15) is 29.7 Å². The van der Waals surface area contributed by atoms with Crippen molar-refractivity contribution < 1.29 is 9.13 Å². The number of nitrogens with two attached hydrogens (primary N) is 1. The summed E-state index contributed by atoms with van der Waals surface area (Å²) in [4.78, 5) is 0. The molecule has 0 aliphatic heterocycles. The molecule has 2 rings (SSSR count). The minimum absolute atomic E-state index is 0.335. The van der Waals surface area contributed by atoms with Crippen LogP contribution in [0.3, 0.4) is 0 Å². The second kappa shape index (κ2) is 5.41. The monoisotopic (exact) mass is 259 g/mol. The van der Waals surface area contributed by atoms with Gasteiger partial charge >= 0.3 is 0 Å². The molecule has 0 aliphatic carbocycles. The first kappa shape index (κ1) is 13.6. The molecule has 2 N–H and O–H groups in total. The largest absolute Gasteiger partial charge is 0.457 e. The lowest BCUT2D eigenvalue weighted by atomic mass is 10.1. The number of aryl methyl sites for hydroxylation is 1. The second-order valence-corrected chi connectivity index (χ2v) is 4.74. The average molecular weight is 259 g/mol. The Hall–Kier alpha value is -1.87. The van der Waals surface area contributed by atoms with Crippen LogP contribution >= 0.6 is 0 Å². The Morgan fingerprint density at radius 1 is 1.05 bits per heavy atom. The van der Waals surface area contributed by atoms with Gasteiger partial charge in [0.15, 0.2) is 0 Å². The summed E-state index contributed by atoms with van der Waals surface area (Å²) >= 11 is 0. The van der Waals surface area contributed by atoms with Crippen LogP contribution in [0.15, 0.2) is 36.4 Å². The molecule has 0 spiro atoms. The van der Waals surface area contributed by atoms with E-state index in [0.29, 0.717) is 11.3 Å². The molecule has 100 valence electrons. The molecule has 3 heteroatoms. The minimum atomic E-state index is -0.415. The Labute approximate surface area is 113 Å². The molecule has 0 aliphatic rings. The van der Waals surface area contributed by atoms with Gasteiger partial charge in [-0.3, -0.25) is 0 Å². The molecular weight excluding hydrogens is 241 g/mol. The van der Waals surface area contributed by atoms with Gasteiger partial charge in [0.05, 0.1) is 0 Å². The van der Waals surface area contributed by atoms with Crippen LogP contribution < -0.4 is 10.5 Å². The van der Waals surface area contributed by atoms with E-state index in [-0.39, 0.29) is 5.82 Å². The van der Waals surface area contributed by atoms with Crippen LogP contribution in [-0.4, -0.2) is 0 Å². The molecule has 2 aromatic carbocycles. The smallest absolute Gasteiger partial charge is 0.135 e. The first-order valence-electron chi connectivity index (χ1n) is 6.28. The molecule has 0 bridgehead atoms. The molecule has 1 unspecified atom stereocenters. The van der Waals surface area contributed by atoms with Gasteiger partial charge in [-0.15, -0.1) is 0 Å². The summed E-state index contributed by atoms with van der Waals surface area (Å²) in [6, 6.07) is 10.2. The Bertz CT molecular complexity index is 593. The van der Waals surface area contributed by atoms with Crippen molar-refractivity contribution in [2.45, 2.75) is 26.8 Å². The molecule has 1 atom stereocenters. The average Bonchev–Trinajstić information content (AvgIpc) is 2.34. The van der Waals surface area contributed by atoms with E-state index in [1.165, 1.54) is 6.07 Å². The standard InChI is InChI=1S/C16H18FNO/c1-10-6-4-8-14(11(10)2)19-15-9-5-7-13(17)16(15)12(3)18/h4-9,12H,18H2,1-3H3. The van der Waals surface area contributed by atoms with Crippen molar-refractivity contribution in [3.8, 4) is 11.5 Å². The zero-order valence-electron chi connectivity index (χ0n) is 11.4. The van der Waals surface area contributed by atoms with E-state index >= 15 is 0 Å². The Balaban J connectivity index is 2.44. The van der Waals surface area contributed by atoms with Gasteiger partial charge < -0.3 is 10.5 Å². The van der Waals surface area contributed by atoms with Gasteiger partial charge in [-0.1, -0.05) is 18.2 Å². The fraction of sp³-hybridized carbons (Fsp3) is 0.250. The molecule has 0 aromatic heterocycles. The molecular formula is C16H18FNO. The van der Waals surface area contributed by atoms with Crippen molar-refractivity contribution in [2.75, 3.05) is 0 Å². The highest BCUT2D eigenvalue weighted by atomic mass is 19.1. The number of halogens is 1. The highest BCUT2D eigenvalue weighted by molar-refractivity contribution is 5.44. The topological polar surface area (TPSA) is 35.2 Å². The van der Waals surface area contributed by atoms with Crippen LogP contribution in [0.4, 0.5) is 4.39 Å². The minimum Gasteiger partial charge on any atom is -0.457 e. The van der Waals surface area contributed by atoms with Gasteiger partial charge in [0, 0.05) is 11.6 Å². The van der Waals surface area contributed by atoms with Crippen molar-refractivity contribution in [3.63, 3.8) is 0 Å². The molecule has 2 nitrogen and oxygen atoms in total. The Morgan fingerprint density at radius 2 is 1.68 bits per heavy atom. The molecule has 0 fully saturated rings. The van der Waals surface area contributed by atoms with Crippen molar-refractivity contribution >= 4 is 0 Å². The van der Waals surface area contributed by atoms with E-state index in [4.69, 9.17) is 10.5 Å². The number of rotatable bonds is 3. The lowest BCUT2D eigenvalue weighted by Gasteiger charge is -2.16. The fourth-order valence-electron chi connectivity index (χ4n) is 2.00. The molecule has 0 amide bonds. The first-order chi connectivity index (χ1) is 9.00. The van der Waals surface area contributed by atoms with Gasteiger partial charge in [-0.2, -0.15) is 0 Å². The van der Waals surface area contributed by atoms with Gasteiger partial charge in [-0.05, 0) is 50.1 Å². The van der Waals surface area contributed by atoms with E-state index in [0.717, 1.165) is 16.9 Å². The predicted octanol–water partition coefficient (Wildman–Crippen LogP) is 4.25. The van der Waals surface area contributed by atoms with Crippen molar-refractivity contribution in [1.82, 2.24) is 0 Å². The van der Waals surface area contributed by atoms with Crippen LogP contribution in [0.25, 0.3) is 0 Å². The summed E-state index contributed by atoms with van der Waals surface area (Å²) in [5.74, 6) is 0.869. The Kier molecular flexibility index (Phi) is 3.86. The third kappa shape index (κ3) is 2.76. The highest BCUT2D eigenvalue weighted by Gasteiger charge is 2.15. The van der Waals surface area contributed by atoms with E-state index < -0.39 is 6.04 Å². The third-order valence-corrected chi connectivity index (χ3v) is 3.24. The lowest BCUT2D eigenvalue weighted by Crippen LogP contribution is -2.09. The number of benzene rings is 2. The van der Waals surface area contributed by atoms with E-state index in [2.05, 4.69) is 0 Å². The maximum atomic E-state index is 13.8. The van der Waals surface area contributed by atoms with E-state index in [1.807, 2.05) is 32.0 Å². The van der Waals surface area contributed by atoms with Gasteiger partial charge in [0.2, 0.25) is 0 Å². The summed E-state index contributed by atoms with van der Waals surface area (Å²) in [5, 5.41) is 0.